The molecule has 8 heteroatoms. The van der Waals surface area contributed by atoms with E-state index in [1.165, 1.54) is 0 Å². The lowest BCUT2D eigenvalue weighted by molar-refractivity contribution is -0.696. The summed E-state index contributed by atoms with van der Waals surface area (Å²) < 4.78 is 6.73. The van der Waals surface area contributed by atoms with E-state index in [0.29, 0.717) is 0 Å². The SMILES string of the molecule is CC[n+]1ccoc1.O=C([O-])C(O)C(O)C(=O)O. The summed E-state index contributed by atoms with van der Waals surface area (Å²) in [6.45, 7) is 3.05. The van der Waals surface area contributed by atoms with Crippen molar-refractivity contribution in [1.29, 1.82) is 0 Å². The van der Waals surface area contributed by atoms with Crippen LogP contribution in [0.3, 0.4) is 0 Å². The molecule has 0 aromatic carbocycles. The van der Waals surface area contributed by atoms with E-state index in [0.717, 1.165) is 6.54 Å². The molecule has 1 aromatic heterocycles. The summed E-state index contributed by atoms with van der Waals surface area (Å²) in [5.41, 5.74) is 0. The first-order valence-corrected chi connectivity index (χ1v) is 4.61. The van der Waals surface area contributed by atoms with E-state index in [1.807, 2.05) is 10.8 Å². The fraction of sp³-hybridized carbons (Fsp3) is 0.444. The third kappa shape index (κ3) is 5.64. The zero-order valence-corrected chi connectivity index (χ0v) is 9.02. The third-order valence-electron chi connectivity index (χ3n) is 1.69. The summed E-state index contributed by atoms with van der Waals surface area (Å²) in [6.07, 6.45) is 0.520. The lowest BCUT2D eigenvalue weighted by Crippen LogP contribution is -2.46. The fourth-order valence-corrected chi connectivity index (χ4v) is 0.706. The second kappa shape index (κ2) is 7.36. The monoisotopic (exact) mass is 247 g/mol. The van der Waals surface area contributed by atoms with Gasteiger partial charge in [0.25, 0.3) is 0 Å². The molecule has 2 atom stereocenters. The highest BCUT2D eigenvalue weighted by molar-refractivity contribution is 5.81. The first kappa shape index (κ1) is 15.1. The number of hydrogen-bond donors (Lipinski definition) is 3. The molecule has 0 saturated carbocycles. The Labute approximate surface area is 96.4 Å². The van der Waals surface area contributed by atoms with Crippen molar-refractivity contribution >= 4 is 11.9 Å². The van der Waals surface area contributed by atoms with Gasteiger partial charge < -0.3 is 29.6 Å². The smallest absolute Gasteiger partial charge is 0.335 e. The number of aliphatic carboxylic acids is 2. The van der Waals surface area contributed by atoms with E-state index >= 15 is 0 Å². The van der Waals surface area contributed by atoms with E-state index in [9.17, 15) is 14.7 Å². The summed E-state index contributed by atoms with van der Waals surface area (Å²) in [5.74, 6) is -3.83. The second-order valence-electron chi connectivity index (χ2n) is 2.90. The summed E-state index contributed by atoms with van der Waals surface area (Å²) in [5, 5.41) is 34.1. The number of hydrogen-bond acceptors (Lipinski definition) is 6. The molecule has 0 saturated heterocycles. The molecule has 96 valence electrons. The summed E-state index contributed by atoms with van der Waals surface area (Å²) in [7, 11) is 0. The highest BCUT2D eigenvalue weighted by Crippen LogP contribution is 1.90. The van der Waals surface area contributed by atoms with Gasteiger partial charge in [0, 0.05) is 0 Å². The normalized spacial score (nSPS) is 13.1. The van der Waals surface area contributed by atoms with Gasteiger partial charge in [0.2, 0.25) is 6.20 Å². The number of aliphatic hydroxyl groups is 2. The van der Waals surface area contributed by atoms with Crippen molar-refractivity contribution < 1.29 is 39.0 Å². The minimum absolute atomic E-state index is 0.983. The maximum absolute atomic E-state index is 9.74. The number of carbonyl (C=O) groups excluding carboxylic acids is 1. The van der Waals surface area contributed by atoms with Crippen molar-refractivity contribution in [2.24, 2.45) is 0 Å². The summed E-state index contributed by atoms with van der Waals surface area (Å²) in [6, 6.07) is 0. The number of carbonyl (C=O) groups is 2. The maximum atomic E-state index is 9.74. The van der Waals surface area contributed by atoms with Crippen LogP contribution < -0.4 is 9.67 Å². The Hall–Kier alpha value is -1.93. The fourth-order valence-electron chi connectivity index (χ4n) is 0.706. The Morgan fingerprint density at radius 1 is 1.41 bits per heavy atom. The van der Waals surface area contributed by atoms with Gasteiger partial charge >= 0.3 is 12.4 Å². The van der Waals surface area contributed by atoms with E-state index < -0.39 is 24.1 Å². The van der Waals surface area contributed by atoms with Crippen LogP contribution >= 0.6 is 0 Å². The highest BCUT2D eigenvalue weighted by Gasteiger charge is 2.23. The van der Waals surface area contributed by atoms with Gasteiger partial charge in [-0.2, -0.15) is 4.57 Å². The topological polar surface area (TPSA) is 135 Å². The van der Waals surface area contributed by atoms with E-state index in [1.54, 1.807) is 12.7 Å². The van der Waals surface area contributed by atoms with Crippen molar-refractivity contribution in [3.63, 3.8) is 0 Å². The van der Waals surface area contributed by atoms with Crippen molar-refractivity contribution in [2.75, 3.05) is 0 Å². The molecule has 0 aliphatic heterocycles. The van der Waals surface area contributed by atoms with Crippen molar-refractivity contribution in [2.45, 2.75) is 25.7 Å². The second-order valence-corrected chi connectivity index (χ2v) is 2.90. The standard InChI is InChI=1S/C5H8NO.C4H6O6/c1-2-6-3-4-7-5-6;5-1(3(7)8)2(6)4(9)10/h3-5H,2H2,1H3;1-2,5-6H,(H,7,8)(H,9,10)/q+1;/p-1. The number of rotatable bonds is 4. The first-order valence-electron chi connectivity index (χ1n) is 4.61. The predicted octanol–water partition coefficient (Wildman–Crippen LogP) is -2.87. The van der Waals surface area contributed by atoms with Crippen LogP contribution in [0.5, 0.6) is 0 Å². The zero-order valence-electron chi connectivity index (χ0n) is 9.02. The molecule has 1 rings (SSSR count). The zero-order chi connectivity index (χ0) is 13.4. The number of carboxylic acids is 2. The van der Waals surface area contributed by atoms with Gasteiger partial charge in [0.15, 0.2) is 12.4 Å². The van der Waals surface area contributed by atoms with Crippen molar-refractivity contribution in [1.82, 2.24) is 0 Å². The van der Waals surface area contributed by atoms with Gasteiger partial charge in [0.05, 0.1) is 5.97 Å². The van der Waals surface area contributed by atoms with Crippen LogP contribution in [0, 0.1) is 0 Å². The van der Waals surface area contributed by atoms with Gasteiger partial charge in [-0.25, -0.2) is 4.79 Å². The molecule has 2 unspecified atom stereocenters. The molecule has 0 spiro atoms. The number of carboxylic acid groups (broad SMARTS) is 2. The molecule has 1 aromatic rings. The maximum Gasteiger partial charge on any atom is 0.335 e. The minimum Gasteiger partial charge on any atom is -0.547 e. The Morgan fingerprint density at radius 2 is 2.00 bits per heavy atom. The molecular weight excluding hydrogens is 234 g/mol. The Morgan fingerprint density at radius 3 is 2.18 bits per heavy atom. The van der Waals surface area contributed by atoms with Crippen molar-refractivity contribution in [3.05, 3.63) is 18.9 Å². The van der Waals surface area contributed by atoms with Crippen LogP contribution in [0.4, 0.5) is 0 Å². The van der Waals surface area contributed by atoms with E-state index in [4.69, 9.17) is 19.7 Å². The minimum atomic E-state index is -2.38. The molecule has 0 bridgehead atoms. The average Bonchev–Trinajstić information content (AvgIpc) is 2.80. The van der Waals surface area contributed by atoms with Crippen LogP contribution in [0.1, 0.15) is 6.92 Å². The quantitative estimate of drug-likeness (QED) is 0.486. The number of nitrogens with zero attached hydrogens (tertiary/aromatic N) is 1. The van der Waals surface area contributed by atoms with Crippen LogP contribution in [-0.4, -0.2) is 39.5 Å². The van der Waals surface area contributed by atoms with Gasteiger partial charge in [-0.1, -0.05) is 0 Å². The van der Waals surface area contributed by atoms with E-state index in [2.05, 4.69) is 6.92 Å². The van der Waals surface area contributed by atoms with Crippen LogP contribution in [-0.2, 0) is 16.1 Å². The molecular formula is C9H13NO7. The van der Waals surface area contributed by atoms with Crippen LogP contribution in [0.2, 0.25) is 0 Å². The number of aromatic nitrogens is 1. The molecule has 0 radical (unpaired) electrons. The number of oxazole rings is 1. The average molecular weight is 247 g/mol. The van der Waals surface area contributed by atoms with Gasteiger partial charge in [0.1, 0.15) is 12.6 Å². The first-order chi connectivity index (χ1) is 7.90. The number of aryl methyl sites for hydroxylation is 1. The highest BCUT2D eigenvalue weighted by atomic mass is 16.4. The number of aliphatic hydroxyl groups excluding tert-OH is 2. The van der Waals surface area contributed by atoms with Gasteiger partial charge in [-0.05, 0) is 6.92 Å². The van der Waals surface area contributed by atoms with Gasteiger partial charge in [-0.3, -0.25) is 0 Å². The molecule has 3 N–H and O–H groups in total. The van der Waals surface area contributed by atoms with Crippen molar-refractivity contribution in [3.8, 4) is 0 Å². The third-order valence-corrected chi connectivity index (χ3v) is 1.69. The Bertz CT molecular complexity index is 330. The molecule has 1 heterocycles. The molecule has 0 aliphatic rings. The lowest BCUT2D eigenvalue weighted by Gasteiger charge is -2.13. The Balaban J connectivity index is 0.000000318. The molecule has 0 amide bonds. The molecule has 8 nitrogen and oxygen atoms in total. The summed E-state index contributed by atoms with van der Waals surface area (Å²) in [4.78, 5) is 19.4. The Kier molecular flexibility index (Phi) is 6.53. The lowest BCUT2D eigenvalue weighted by atomic mass is 10.2. The molecule has 0 aliphatic carbocycles. The molecule has 0 fully saturated rings. The summed E-state index contributed by atoms with van der Waals surface area (Å²) >= 11 is 0. The van der Waals surface area contributed by atoms with E-state index in [-0.39, 0.29) is 0 Å². The predicted molar refractivity (Wildman–Crippen MR) is 49.2 cm³/mol. The van der Waals surface area contributed by atoms with Gasteiger partial charge in [-0.15, -0.1) is 0 Å². The van der Waals surface area contributed by atoms with Crippen LogP contribution in [0.25, 0.3) is 0 Å². The molecule has 17 heavy (non-hydrogen) atoms. The van der Waals surface area contributed by atoms with Crippen LogP contribution in [0.15, 0.2) is 23.3 Å². The largest absolute Gasteiger partial charge is 0.547 e.